The first kappa shape index (κ1) is 55.2. The number of ether oxygens (including phenoxy) is 1. The molecule has 9 aromatic heterocycles. The van der Waals surface area contributed by atoms with Crippen LogP contribution < -0.4 is 15.5 Å². The Kier molecular flexibility index (Phi) is 16.5. The van der Waals surface area contributed by atoms with Gasteiger partial charge >= 0.3 is 5.69 Å². The number of hydrogen-bond donors (Lipinski definition) is 1. The fourth-order valence-corrected chi connectivity index (χ4v) is 12.8. The van der Waals surface area contributed by atoms with Crippen LogP contribution >= 0.6 is 0 Å². The van der Waals surface area contributed by atoms with Crippen molar-refractivity contribution < 1.29 is 18.3 Å². The summed E-state index contributed by atoms with van der Waals surface area (Å²) < 4.78 is 28.2. The molecule has 0 radical (unpaired) electrons. The number of nitrogens with zero attached hydrogens (tertiary/aromatic N) is 13. The molecule has 0 spiro atoms. The second-order valence-corrected chi connectivity index (χ2v) is 22.3. The summed E-state index contributed by atoms with van der Waals surface area (Å²) in [5.41, 5.74) is 14.1. The van der Waals surface area contributed by atoms with Crippen molar-refractivity contribution in [3.05, 3.63) is 81.6 Å². The Labute approximate surface area is 462 Å². The van der Waals surface area contributed by atoms with Crippen LogP contribution in [0.2, 0.25) is 0 Å². The molecule has 19 heteroatoms. The van der Waals surface area contributed by atoms with Crippen molar-refractivity contribution >= 4 is 45.4 Å². The minimum absolute atomic E-state index is 0. The van der Waals surface area contributed by atoms with Crippen LogP contribution in [-0.2, 0) is 24.4 Å². The number of morpholine rings is 1. The van der Waals surface area contributed by atoms with Gasteiger partial charge in [-0.05, 0) is 122 Å². The summed E-state index contributed by atoms with van der Waals surface area (Å²) in [7, 11) is 0. The highest BCUT2D eigenvalue weighted by Crippen LogP contribution is 2.37. The molecule has 79 heavy (non-hydrogen) atoms. The number of imidazole rings is 3. The van der Waals surface area contributed by atoms with Gasteiger partial charge in [-0.25, -0.2) is 19.7 Å². The first-order valence-corrected chi connectivity index (χ1v) is 28.2. The average Bonchev–Trinajstić information content (AvgIpc) is 4.41. The minimum Gasteiger partial charge on any atom is -0.378 e. The van der Waals surface area contributed by atoms with Crippen LogP contribution in [0.4, 0.5) is 11.9 Å². The Morgan fingerprint density at radius 1 is 0.494 bits per heavy atom. The number of aryl methyl sites for hydroxylation is 6. The van der Waals surface area contributed by atoms with Crippen molar-refractivity contribution in [1.29, 1.82) is 0 Å². The quantitative estimate of drug-likeness (QED) is 0.128. The fourth-order valence-electron chi connectivity index (χ4n) is 12.8. The van der Waals surface area contributed by atoms with Crippen LogP contribution in [-0.4, -0.2) is 98.5 Å². The molecule has 11 heterocycles. The highest BCUT2D eigenvalue weighted by atomic mass is 16.5. The molecule has 0 atom stereocenters. The van der Waals surface area contributed by atoms with E-state index >= 15 is 0 Å². The number of H-pyrrole nitrogens is 1. The number of nitrogens with one attached hydrogen (secondary N) is 1. The summed E-state index contributed by atoms with van der Waals surface area (Å²) in [6, 6.07) is 6.45. The molecule has 1 N–H and O–H groups in total. The van der Waals surface area contributed by atoms with Gasteiger partial charge in [0.05, 0.1) is 46.8 Å². The van der Waals surface area contributed by atoms with Crippen LogP contribution in [0.25, 0.3) is 66.9 Å². The molecule has 420 valence electrons. The SMILES string of the molecule is C.C.Cc1noc(C)c1-c1cnc2[nH]c(=O)n(CC3CCCC3)c2c1.Cc1noc(C)c1-c1cnc2nc(N3CCC3)n(CC3CCCC3)c2c1.Cc1noc(C)c1-c1cnc2nc(N3CCOCC3)n(CC3CCCC3)c2c1. The molecule has 14 rings (SSSR count). The van der Waals surface area contributed by atoms with Crippen molar-refractivity contribution in [2.45, 2.75) is 160 Å². The monoisotopic (exact) mass is 1080 g/mol. The van der Waals surface area contributed by atoms with Crippen LogP contribution in [0.3, 0.4) is 0 Å². The Balaban J connectivity index is 0.000000133. The van der Waals surface area contributed by atoms with E-state index in [1.165, 1.54) is 83.5 Å². The largest absolute Gasteiger partial charge is 0.378 e. The van der Waals surface area contributed by atoms with E-state index in [2.05, 4.69) is 61.5 Å². The molecule has 2 aliphatic heterocycles. The van der Waals surface area contributed by atoms with Gasteiger partial charge in [-0.3, -0.25) is 9.55 Å². The van der Waals surface area contributed by atoms with Gasteiger partial charge in [-0.2, -0.15) is 9.97 Å². The van der Waals surface area contributed by atoms with Crippen LogP contribution in [0.1, 0.15) is 133 Å². The molecule has 0 aromatic carbocycles. The lowest BCUT2D eigenvalue weighted by atomic mass is 10.1. The van der Waals surface area contributed by atoms with E-state index in [4.69, 9.17) is 33.3 Å². The topological polar surface area (TPSA) is 206 Å². The average molecular weight is 1080 g/mol. The van der Waals surface area contributed by atoms with Gasteiger partial charge in [0, 0.05) is 97.8 Å². The van der Waals surface area contributed by atoms with Gasteiger partial charge < -0.3 is 37.2 Å². The molecular weight excluding hydrogens is 997 g/mol. The number of aromatic nitrogens is 12. The summed E-state index contributed by atoms with van der Waals surface area (Å²) in [4.78, 5) is 43.5. The number of aromatic amines is 1. The lowest BCUT2D eigenvalue weighted by Crippen LogP contribution is -2.39. The van der Waals surface area contributed by atoms with E-state index < -0.39 is 0 Å². The predicted molar refractivity (Wildman–Crippen MR) is 310 cm³/mol. The number of pyridine rings is 3. The highest BCUT2D eigenvalue weighted by molar-refractivity contribution is 5.84. The standard InChI is InChI=1S/C21H27N5O2.C20H25N5O.C17H20N4O2.2CH4/c1-14-19(15(2)28-24-14)17-11-18-20(22-12-17)23-21(25-7-9-27-10-8-25)26(18)13-16-5-3-4-6-16;1-13-18(14(2)26-23-13)16-10-17-19(21-11-16)22-20(24-8-5-9-24)25(17)12-15-6-3-4-7-15;1-10-15(11(2)23-20-10)13-7-14-16(18-8-13)19-17(22)21(14)9-12-5-3-4-6-12;;/h11-12,16H,3-10,13H2,1-2H3;10-11,15H,3-9,12H2,1-2H3;7-8,12H,3-6,9H2,1-2H3,(H,18,19,22);2*1H4. The molecule has 5 aliphatic rings. The molecule has 3 saturated carbocycles. The molecule has 0 unspecified atom stereocenters. The fraction of sp³-hybridized carbons (Fsp3) is 0.550. The summed E-state index contributed by atoms with van der Waals surface area (Å²) in [5.74, 6) is 6.64. The number of fused-ring (bicyclic) bond motifs is 3. The zero-order valence-corrected chi connectivity index (χ0v) is 45.6. The van der Waals surface area contributed by atoms with Gasteiger partial charge in [0.25, 0.3) is 0 Å². The molecule has 0 amide bonds. The lowest BCUT2D eigenvalue weighted by Gasteiger charge is -2.32. The van der Waals surface area contributed by atoms with Crippen molar-refractivity contribution in [1.82, 2.24) is 59.1 Å². The Morgan fingerprint density at radius 3 is 1.25 bits per heavy atom. The van der Waals surface area contributed by atoms with Crippen molar-refractivity contribution in [3.63, 3.8) is 0 Å². The van der Waals surface area contributed by atoms with Gasteiger partial charge in [-0.15, -0.1) is 0 Å². The third-order valence-electron chi connectivity index (χ3n) is 16.9. The van der Waals surface area contributed by atoms with Gasteiger partial charge in [0.2, 0.25) is 11.9 Å². The van der Waals surface area contributed by atoms with Gasteiger partial charge in [0.15, 0.2) is 16.9 Å². The molecule has 0 bridgehead atoms. The second kappa shape index (κ2) is 23.7. The number of rotatable bonds is 11. The molecule has 9 aromatic rings. The van der Waals surface area contributed by atoms with Gasteiger partial charge in [0.1, 0.15) is 17.3 Å². The molecule has 5 fully saturated rings. The Bertz CT molecular complexity index is 3520. The maximum atomic E-state index is 12.3. The molecular formula is C60H80N14O5. The van der Waals surface area contributed by atoms with Crippen molar-refractivity contribution in [3.8, 4) is 33.4 Å². The van der Waals surface area contributed by atoms with Crippen molar-refractivity contribution in [2.75, 3.05) is 49.2 Å². The molecule has 3 aliphatic carbocycles. The van der Waals surface area contributed by atoms with E-state index in [0.717, 1.165) is 178 Å². The van der Waals surface area contributed by atoms with Crippen LogP contribution in [0.15, 0.2) is 55.2 Å². The van der Waals surface area contributed by atoms with Gasteiger partial charge in [-0.1, -0.05) is 68.8 Å². The van der Waals surface area contributed by atoms with E-state index in [0.29, 0.717) is 11.6 Å². The smallest absolute Gasteiger partial charge is 0.327 e. The Hall–Kier alpha value is -7.15. The van der Waals surface area contributed by atoms with E-state index in [1.807, 2.05) is 64.6 Å². The maximum absolute atomic E-state index is 12.3. The summed E-state index contributed by atoms with van der Waals surface area (Å²) in [5, 5.41) is 12.2. The number of hydrogen-bond acceptors (Lipinski definition) is 15. The number of anilines is 2. The summed E-state index contributed by atoms with van der Waals surface area (Å²) in [6.45, 7) is 20.0. The zero-order valence-electron chi connectivity index (χ0n) is 45.6. The second-order valence-electron chi connectivity index (χ2n) is 22.3. The van der Waals surface area contributed by atoms with E-state index in [9.17, 15) is 4.79 Å². The zero-order chi connectivity index (χ0) is 52.7. The Morgan fingerprint density at radius 2 is 0.873 bits per heavy atom. The normalized spacial score (nSPS) is 17.0. The molecule has 19 nitrogen and oxygen atoms in total. The minimum atomic E-state index is -0.0738. The first-order chi connectivity index (χ1) is 37.5. The first-order valence-electron chi connectivity index (χ1n) is 28.2. The maximum Gasteiger partial charge on any atom is 0.327 e. The van der Waals surface area contributed by atoms with Crippen molar-refractivity contribution in [2.24, 2.45) is 17.8 Å². The third kappa shape index (κ3) is 11.1. The van der Waals surface area contributed by atoms with Crippen LogP contribution in [0.5, 0.6) is 0 Å². The highest BCUT2D eigenvalue weighted by Gasteiger charge is 2.28. The predicted octanol–water partition coefficient (Wildman–Crippen LogP) is 12.3. The lowest BCUT2D eigenvalue weighted by molar-refractivity contribution is 0.121. The van der Waals surface area contributed by atoms with E-state index in [-0.39, 0.29) is 20.5 Å². The third-order valence-corrected chi connectivity index (χ3v) is 16.9. The molecule has 2 saturated heterocycles. The summed E-state index contributed by atoms with van der Waals surface area (Å²) >= 11 is 0. The van der Waals surface area contributed by atoms with E-state index in [1.54, 1.807) is 6.20 Å². The summed E-state index contributed by atoms with van der Waals surface area (Å²) in [6.07, 6.45) is 22.4. The van der Waals surface area contributed by atoms with Crippen LogP contribution in [0, 0.1) is 59.3 Å².